The minimum Gasteiger partial charge on any atom is -0.348 e. The second-order valence-electron chi connectivity index (χ2n) is 5.67. The van der Waals surface area contributed by atoms with Gasteiger partial charge < -0.3 is 9.88 Å². The summed E-state index contributed by atoms with van der Waals surface area (Å²) in [6, 6.07) is 12.2. The molecular formula is C20H21N3O. The van der Waals surface area contributed by atoms with Crippen LogP contribution in [0.25, 0.3) is 11.8 Å². The van der Waals surface area contributed by atoms with Crippen LogP contribution in [0, 0.1) is 32.1 Å². The van der Waals surface area contributed by atoms with Crippen LogP contribution >= 0.6 is 0 Å². The van der Waals surface area contributed by atoms with Crippen molar-refractivity contribution in [2.45, 2.75) is 20.8 Å². The monoisotopic (exact) mass is 319 g/mol. The van der Waals surface area contributed by atoms with Gasteiger partial charge in [0.1, 0.15) is 11.6 Å². The zero-order chi connectivity index (χ0) is 17.7. The highest BCUT2D eigenvalue weighted by Gasteiger charge is 2.13. The molecule has 1 amide bonds. The van der Waals surface area contributed by atoms with Crippen molar-refractivity contribution in [1.82, 2.24) is 9.88 Å². The van der Waals surface area contributed by atoms with Crippen LogP contribution in [-0.2, 0) is 4.79 Å². The third-order valence-electron chi connectivity index (χ3n) is 3.83. The molecule has 0 aliphatic heterocycles. The average Bonchev–Trinajstić information content (AvgIpc) is 2.85. The van der Waals surface area contributed by atoms with Gasteiger partial charge in [0, 0.05) is 23.6 Å². The van der Waals surface area contributed by atoms with E-state index in [2.05, 4.69) is 40.7 Å². The highest BCUT2D eigenvalue weighted by atomic mass is 16.1. The SMILES string of the molecule is C=CCNC(=O)/C(C#N)=C/c1cc(C)n(-c2ccc(C)cc2)c1C. The van der Waals surface area contributed by atoms with Gasteiger partial charge >= 0.3 is 0 Å². The van der Waals surface area contributed by atoms with Crippen molar-refractivity contribution in [3.05, 3.63) is 71.1 Å². The van der Waals surface area contributed by atoms with Gasteiger partial charge in [-0.05, 0) is 50.6 Å². The van der Waals surface area contributed by atoms with Gasteiger partial charge in [0.05, 0.1) is 0 Å². The molecular weight excluding hydrogens is 298 g/mol. The second-order valence-corrected chi connectivity index (χ2v) is 5.67. The van der Waals surface area contributed by atoms with E-state index in [1.807, 2.05) is 32.9 Å². The van der Waals surface area contributed by atoms with Crippen LogP contribution in [0.4, 0.5) is 0 Å². The maximum Gasteiger partial charge on any atom is 0.262 e. The summed E-state index contributed by atoms with van der Waals surface area (Å²) in [4.78, 5) is 12.0. The maximum atomic E-state index is 12.0. The number of carbonyl (C=O) groups excluding carboxylic acids is 1. The first-order chi connectivity index (χ1) is 11.5. The Morgan fingerprint density at radius 2 is 1.96 bits per heavy atom. The number of benzene rings is 1. The first kappa shape index (κ1) is 17.3. The van der Waals surface area contributed by atoms with E-state index in [1.165, 1.54) is 5.56 Å². The zero-order valence-electron chi connectivity index (χ0n) is 14.3. The summed E-state index contributed by atoms with van der Waals surface area (Å²) in [6.07, 6.45) is 3.21. The summed E-state index contributed by atoms with van der Waals surface area (Å²) in [5, 5.41) is 11.9. The molecule has 122 valence electrons. The minimum absolute atomic E-state index is 0.0843. The van der Waals surface area contributed by atoms with Crippen LogP contribution in [0.15, 0.2) is 48.6 Å². The molecule has 4 nitrogen and oxygen atoms in total. The summed E-state index contributed by atoms with van der Waals surface area (Å²) in [5.41, 5.74) is 5.24. The number of nitrogens with zero attached hydrogens (tertiary/aromatic N) is 2. The third kappa shape index (κ3) is 3.64. The van der Waals surface area contributed by atoms with Crippen molar-refractivity contribution >= 4 is 12.0 Å². The largest absolute Gasteiger partial charge is 0.348 e. The fourth-order valence-electron chi connectivity index (χ4n) is 2.59. The quantitative estimate of drug-likeness (QED) is 0.520. The molecule has 0 saturated carbocycles. The first-order valence-corrected chi connectivity index (χ1v) is 7.74. The molecule has 0 radical (unpaired) electrons. The van der Waals surface area contributed by atoms with Gasteiger partial charge in [-0.2, -0.15) is 5.26 Å². The Kier molecular flexibility index (Phi) is 5.39. The van der Waals surface area contributed by atoms with Gasteiger partial charge in [0.25, 0.3) is 5.91 Å². The lowest BCUT2D eigenvalue weighted by molar-refractivity contribution is -0.116. The molecule has 2 aromatic rings. The Morgan fingerprint density at radius 3 is 2.54 bits per heavy atom. The van der Waals surface area contributed by atoms with E-state index < -0.39 is 5.91 Å². The molecule has 2 rings (SSSR count). The second kappa shape index (κ2) is 7.47. The minimum atomic E-state index is -0.391. The van der Waals surface area contributed by atoms with Gasteiger partial charge in [-0.15, -0.1) is 6.58 Å². The van der Waals surface area contributed by atoms with Crippen LogP contribution < -0.4 is 5.32 Å². The van der Waals surface area contributed by atoms with Gasteiger partial charge in [-0.3, -0.25) is 4.79 Å². The van der Waals surface area contributed by atoms with E-state index in [0.29, 0.717) is 6.54 Å². The first-order valence-electron chi connectivity index (χ1n) is 7.74. The number of amides is 1. The fraction of sp³-hybridized carbons (Fsp3) is 0.200. The number of rotatable bonds is 5. The summed E-state index contributed by atoms with van der Waals surface area (Å²) in [6.45, 7) is 9.92. The topological polar surface area (TPSA) is 57.8 Å². The van der Waals surface area contributed by atoms with Gasteiger partial charge in [-0.1, -0.05) is 23.8 Å². The Morgan fingerprint density at radius 1 is 1.29 bits per heavy atom. The molecule has 0 fully saturated rings. The van der Waals surface area contributed by atoms with Gasteiger partial charge in [0.15, 0.2) is 0 Å². The van der Waals surface area contributed by atoms with Crippen molar-refractivity contribution < 1.29 is 4.79 Å². The molecule has 4 heteroatoms. The fourth-order valence-corrected chi connectivity index (χ4v) is 2.59. The number of hydrogen-bond donors (Lipinski definition) is 1. The molecule has 0 unspecified atom stereocenters. The van der Waals surface area contributed by atoms with E-state index >= 15 is 0 Å². The van der Waals surface area contributed by atoms with Gasteiger partial charge in [-0.25, -0.2) is 0 Å². The van der Waals surface area contributed by atoms with E-state index in [4.69, 9.17) is 0 Å². The predicted molar refractivity (Wildman–Crippen MR) is 96.8 cm³/mol. The number of aromatic nitrogens is 1. The summed E-state index contributed by atoms with van der Waals surface area (Å²) < 4.78 is 2.11. The van der Waals surface area contributed by atoms with Crippen molar-refractivity contribution in [1.29, 1.82) is 5.26 Å². The maximum absolute atomic E-state index is 12.0. The summed E-state index contributed by atoms with van der Waals surface area (Å²) in [7, 11) is 0. The average molecular weight is 319 g/mol. The predicted octanol–water partition coefficient (Wildman–Crippen LogP) is 3.61. The van der Waals surface area contributed by atoms with E-state index in [0.717, 1.165) is 22.6 Å². The van der Waals surface area contributed by atoms with Crippen molar-refractivity contribution in [3.8, 4) is 11.8 Å². The summed E-state index contributed by atoms with van der Waals surface area (Å²) >= 11 is 0. The molecule has 0 spiro atoms. The highest BCUT2D eigenvalue weighted by molar-refractivity contribution is 6.01. The van der Waals surface area contributed by atoms with Crippen molar-refractivity contribution in [2.75, 3.05) is 6.54 Å². The van der Waals surface area contributed by atoms with Crippen LogP contribution in [0.5, 0.6) is 0 Å². The number of carbonyl (C=O) groups is 1. The number of nitrogens with one attached hydrogen (secondary N) is 1. The Labute approximate surface area is 142 Å². The van der Waals surface area contributed by atoms with Crippen LogP contribution in [0.3, 0.4) is 0 Å². The number of aryl methyl sites for hydroxylation is 2. The molecule has 0 saturated heterocycles. The van der Waals surface area contributed by atoms with E-state index in [9.17, 15) is 10.1 Å². The Hall–Kier alpha value is -3.06. The molecule has 1 N–H and O–H groups in total. The zero-order valence-corrected chi connectivity index (χ0v) is 14.3. The van der Waals surface area contributed by atoms with E-state index in [-0.39, 0.29) is 5.57 Å². The Bertz CT molecular complexity index is 833. The normalized spacial score (nSPS) is 11.0. The molecule has 0 bridgehead atoms. The van der Waals surface area contributed by atoms with E-state index in [1.54, 1.807) is 12.2 Å². The van der Waals surface area contributed by atoms with Crippen molar-refractivity contribution in [2.24, 2.45) is 0 Å². The number of nitriles is 1. The summed E-state index contributed by atoms with van der Waals surface area (Å²) in [5.74, 6) is -0.391. The molecule has 0 aliphatic rings. The third-order valence-corrected chi connectivity index (χ3v) is 3.83. The smallest absolute Gasteiger partial charge is 0.262 e. The molecule has 1 aromatic heterocycles. The lowest BCUT2D eigenvalue weighted by Gasteiger charge is -2.10. The molecule has 0 aliphatic carbocycles. The lowest BCUT2D eigenvalue weighted by atomic mass is 10.1. The standard InChI is InChI=1S/C20H21N3O/c1-5-10-22-20(24)18(13-21)12-17-11-15(3)23(16(17)4)19-8-6-14(2)7-9-19/h5-9,11-12H,1,10H2,2-4H3,(H,22,24)/b18-12+. The lowest BCUT2D eigenvalue weighted by Crippen LogP contribution is -2.24. The van der Waals surface area contributed by atoms with Crippen LogP contribution in [0.1, 0.15) is 22.5 Å². The molecule has 1 aromatic carbocycles. The Balaban J connectivity index is 2.42. The van der Waals surface area contributed by atoms with Crippen LogP contribution in [0.2, 0.25) is 0 Å². The highest BCUT2D eigenvalue weighted by Crippen LogP contribution is 2.23. The number of hydrogen-bond acceptors (Lipinski definition) is 2. The van der Waals surface area contributed by atoms with Gasteiger partial charge in [0.2, 0.25) is 0 Å². The van der Waals surface area contributed by atoms with Crippen LogP contribution in [-0.4, -0.2) is 17.0 Å². The molecule has 0 atom stereocenters. The molecule has 24 heavy (non-hydrogen) atoms. The molecule has 1 heterocycles. The van der Waals surface area contributed by atoms with Crippen molar-refractivity contribution in [3.63, 3.8) is 0 Å².